The van der Waals surface area contributed by atoms with Crippen LogP contribution >= 0.6 is 0 Å². The van der Waals surface area contributed by atoms with Crippen molar-refractivity contribution in [3.05, 3.63) is 35.9 Å². The maximum atomic E-state index is 10.1. The third kappa shape index (κ3) is 1.88. The zero-order valence-electron chi connectivity index (χ0n) is 11.3. The minimum absolute atomic E-state index is 0.0713. The van der Waals surface area contributed by atoms with E-state index in [1.54, 1.807) is 0 Å². The summed E-state index contributed by atoms with van der Waals surface area (Å²) >= 11 is 0. The molecule has 0 unspecified atom stereocenters. The third-order valence-corrected chi connectivity index (χ3v) is 5.08. The van der Waals surface area contributed by atoms with Gasteiger partial charge in [0, 0.05) is 24.0 Å². The van der Waals surface area contributed by atoms with Gasteiger partial charge >= 0.3 is 0 Å². The predicted molar refractivity (Wildman–Crippen MR) is 73.3 cm³/mol. The average Bonchev–Trinajstić information content (AvgIpc) is 2.39. The minimum atomic E-state index is -0.0713. The fraction of sp³-hybridized carbons (Fsp3) is 0.625. The second-order valence-electron chi connectivity index (χ2n) is 5.97. The Bertz CT molecular complexity index is 403. The molecule has 2 bridgehead atoms. The summed E-state index contributed by atoms with van der Waals surface area (Å²) < 4.78 is 0. The Kier molecular flexibility index (Phi) is 3.16. The van der Waals surface area contributed by atoms with Crippen molar-refractivity contribution in [1.82, 2.24) is 4.90 Å². The van der Waals surface area contributed by atoms with Crippen LogP contribution in [0.3, 0.4) is 0 Å². The van der Waals surface area contributed by atoms with E-state index in [4.69, 9.17) is 0 Å². The van der Waals surface area contributed by atoms with Crippen molar-refractivity contribution in [2.24, 2.45) is 5.92 Å². The van der Waals surface area contributed by atoms with Gasteiger partial charge in [-0.05, 0) is 38.7 Å². The highest BCUT2D eigenvalue weighted by Crippen LogP contribution is 2.43. The molecular formula is C16H23NO. The second-order valence-corrected chi connectivity index (χ2v) is 5.97. The van der Waals surface area contributed by atoms with E-state index in [2.05, 4.69) is 49.1 Å². The van der Waals surface area contributed by atoms with Gasteiger partial charge in [-0.25, -0.2) is 0 Å². The summed E-state index contributed by atoms with van der Waals surface area (Å²) in [6.07, 6.45) is 3.35. The highest BCUT2D eigenvalue weighted by molar-refractivity contribution is 5.19. The molecule has 2 aliphatic heterocycles. The second kappa shape index (κ2) is 4.67. The molecule has 2 heteroatoms. The number of nitrogens with zero attached hydrogens (tertiary/aromatic N) is 1. The molecule has 98 valence electrons. The van der Waals surface area contributed by atoms with E-state index in [9.17, 15) is 5.11 Å². The van der Waals surface area contributed by atoms with Crippen LogP contribution < -0.4 is 0 Å². The molecule has 5 atom stereocenters. The Hall–Kier alpha value is -0.860. The van der Waals surface area contributed by atoms with Crippen molar-refractivity contribution in [2.45, 2.75) is 57.3 Å². The van der Waals surface area contributed by atoms with Crippen molar-refractivity contribution in [3.8, 4) is 0 Å². The molecule has 3 aliphatic rings. The summed E-state index contributed by atoms with van der Waals surface area (Å²) in [6, 6.07) is 12.3. The van der Waals surface area contributed by atoms with Crippen LogP contribution in [0.15, 0.2) is 30.3 Å². The Labute approximate surface area is 110 Å². The molecule has 2 saturated heterocycles. The lowest BCUT2D eigenvalue weighted by Crippen LogP contribution is -2.59. The lowest BCUT2D eigenvalue weighted by Gasteiger charge is -2.54. The highest BCUT2D eigenvalue weighted by Gasteiger charge is 2.46. The normalized spacial score (nSPS) is 37.7. The number of fused-ring (bicyclic) bond motifs is 3. The quantitative estimate of drug-likeness (QED) is 0.866. The lowest BCUT2D eigenvalue weighted by atomic mass is 9.72. The van der Waals surface area contributed by atoms with Crippen LogP contribution in [0.4, 0.5) is 0 Å². The van der Waals surface area contributed by atoms with Crippen LogP contribution in [0.1, 0.15) is 44.7 Å². The molecule has 0 amide bonds. The topological polar surface area (TPSA) is 23.5 Å². The van der Waals surface area contributed by atoms with Crippen molar-refractivity contribution < 1.29 is 5.11 Å². The van der Waals surface area contributed by atoms with E-state index >= 15 is 0 Å². The standard InChI is InChI=1S/C16H23NO/c1-11(13-6-4-3-5-7-13)17-12(2)15-9-8-14(17)10-16(15)18/h3-7,11-12,14-16,18H,8-10H2,1-2H3/t11-,12-,14+,15+,16-/m1/s1. The first-order valence-electron chi connectivity index (χ1n) is 7.19. The summed E-state index contributed by atoms with van der Waals surface area (Å²) in [5.41, 5.74) is 1.39. The van der Waals surface area contributed by atoms with E-state index in [0.717, 1.165) is 6.42 Å². The SMILES string of the molecule is C[C@H](c1ccccc1)N1[C@H]2CC[C@H]([C@H](O)C2)[C@H]1C. The van der Waals surface area contributed by atoms with Gasteiger partial charge in [0.2, 0.25) is 0 Å². The van der Waals surface area contributed by atoms with Crippen molar-refractivity contribution in [3.63, 3.8) is 0 Å². The maximum absolute atomic E-state index is 10.1. The predicted octanol–water partition coefficient (Wildman–Crippen LogP) is 2.98. The van der Waals surface area contributed by atoms with Crippen molar-refractivity contribution in [2.75, 3.05) is 0 Å². The monoisotopic (exact) mass is 245 g/mol. The van der Waals surface area contributed by atoms with Crippen LogP contribution in [0, 0.1) is 5.92 Å². The van der Waals surface area contributed by atoms with Gasteiger partial charge < -0.3 is 5.11 Å². The molecule has 4 rings (SSSR count). The summed E-state index contributed by atoms with van der Waals surface area (Å²) in [7, 11) is 0. The molecule has 0 radical (unpaired) electrons. The van der Waals surface area contributed by atoms with Gasteiger partial charge in [-0.1, -0.05) is 30.3 Å². The van der Waals surface area contributed by atoms with Crippen LogP contribution in [-0.2, 0) is 0 Å². The zero-order valence-corrected chi connectivity index (χ0v) is 11.3. The van der Waals surface area contributed by atoms with E-state index in [0.29, 0.717) is 24.0 Å². The fourth-order valence-corrected chi connectivity index (χ4v) is 4.11. The number of hydrogen-bond donors (Lipinski definition) is 1. The van der Waals surface area contributed by atoms with E-state index < -0.39 is 0 Å². The number of benzene rings is 1. The molecule has 3 fully saturated rings. The highest BCUT2D eigenvalue weighted by atomic mass is 16.3. The molecule has 1 saturated carbocycles. The van der Waals surface area contributed by atoms with Crippen molar-refractivity contribution in [1.29, 1.82) is 0 Å². The van der Waals surface area contributed by atoms with E-state index in [1.807, 2.05) is 0 Å². The lowest BCUT2D eigenvalue weighted by molar-refractivity contribution is -0.101. The van der Waals surface area contributed by atoms with Crippen molar-refractivity contribution >= 4 is 0 Å². The molecule has 2 heterocycles. The molecular weight excluding hydrogens is 222 g/mol. The third-order valence-electron chi connectivity index (χ3n) is 5.08. The molecule has 0 aromatic heterocycles. The molecule has 1 aromatic rings. The van der Waals surface area contributed by atoms with Crippen LogP contribution in [0.25, 0.3) is 0 Å². The first-order valence-corrected chi connectivity index (χ1v) is 7.19. The summed E-state index contributed by atoms with van der Waals surface area (Å²) in [5, 5.41) is 10.1. The fourth-order valence-electron chi connectivity index (χ4n) is 4.11. The smallest absolute Gasteiger partial charge is 0.0598 e. The number of rotatable bonds is 2. The number of aliphatic hydroxyl groups excluding tert-OH is 1. The maximum Gasteiger partial charge on any atom is 0.0598 e. The van der Waals surface area contributed by atoms with Gasteiger partial charge in [0.25, 0.3) is 0 Å². The minimum Gasteiger partial charge on any atom is -0.393 e. The number of aliphatic hydroxyl groups is 1. The largest absolute Gasteiger partial charge is 0.393 e. The van der Waals surface area contributed by atoms with Gasteiger partial charge in [0.1, 0.15) is 0 Å². The molecule has 1 N–H and O–H groups in total. The van der Waals surface area contributed by atoms with Gasteiger partial charge in [-0.3, -0.25) is 4.90 Å². The molecule has 2 nitrogen and oxygen atoms in total. The molecule has 1 aliphatic carbocycles. The summed E-state index contributed by atoms with van der Waals surface area (Å²) in [5.74, 6) is 0.473. The van der Waals surface area contributed by atoms with Gasteiger partial charge in [-0.2, -0.15) is 0 Å². The first kappa shape index (κ1) is 12.2. The first-order chi connectivity index (χ1) is 8.68. The van der Waals surface area contributed by atoms with E-state index in [-0.39, 0.29) is 6.10 Å². The van der Waals surface area contributed by atoms with E-state index in [1.165, 1.54) is 18.4 Å². The number of hydrogen-bond acceptors (Lipinski definition) is 2. The van der Waals surface area contributed by atoms with Gasteiger partial charge in [0.05, 0.1) is 6.10 Å². The Balaban J connectivity index is 1.84. The zero-order chi connectivity index (χ0) is 12.7. The molecule has 0 spiro atoms. The summed E-state index contributed by atoms with van der Waals surface area (Å²) in [6.45, 7) is 4.59. The van der Waals surface area contributed by atoms with Crippen LogP contribution in [0.2, 0.25) is 0 Å². The molecule has 1 aromatic carbocycles. The van der Waals surface area contributed by atoms with Crippen LogP contribution in [0.5, 0.6) is 0 Å². The average molecular weight is 245 g/mol. The Morgan fingerprint density at radius 1 is 1.22 bits per heavy atom. The van der Waals surface area contributed by atoms with Gasteiger partial charge in [-0.15, -0.1) is 0 Å². The van der Waals surface area contributed by atoms with Crippen LogP contribution in [-0.4, -0.2) is 28.2 Å². The Morgan fingerprint density at radius 2 is 1.94 bits per heavy atom. The number of piperidine rings is 2. The summed E-state index contributed by atoms with van der Waals surface area (Å²) in [4.78, 5) is 2.64. The Morgan fingerprint density at radius 3 is 2.56 bits per heavy atom. The molecule has 18 heavy (non-hydrogen) atoms. The van der Waals surface area contributed by atoms with Gasteiger partial charge in [0.15, 0.2) is 0 Å².